The van der Waals surface area contributed by atoms with Gasteiger partial charge in [0, 0.05) is 25.4 Å². The van der Waals surface area contributed by atoms with Gasteiger partial charge in [0.25, 0.3) is 0 Å². The summed E-state index contributed by atoms with van der Waals surface area (Å²) in [6.45, 7) is 0.742. The summed E-state index contributed by atoms with van der Waals surface area (Å²) in [5.74, 6) is -2.54. The summed E-state index contributed by atoms with van der Waals surface area (Å²) in [5.41, 5.74) is 2.15. The molecule has 1 aliphatic heterocycles. The lowest BCUT2D eigenvalue weighted by Crippen LogP contribution is -2.51. The Labute approximate surface area is 177 Å². The van der Waals surface area contributed by atoms with Crippen LogP contribution < -0.4 is 0 Å². The number of nitrogens with zero attached hydrogens (tertiary/aromatic N) is 1. The molecule has 0 N–H and O–H groups in total. The summed E-state index contributed by atoms with van der Waals surface area (Å²) in [4.78, 5) is 14.7. The summed E-state index contributed by atoms with van der Waals surface area (Å²) < 4.78 is 34.0. The van der Waals surface area contributed by atoms with Crippen molar-refractivity contribution in [3.63, 3.8) is 0 Å². The minimum atomic E-state index is -2.64. The van der Waals surface area contributed by atoms with Crippen molar-refractivity contribution in [2.24, 2.45) is 5.92 Å². The molecule has 2 aromatic carbocycles. The average molecular weight is 414 g/mol. The first-order chi connectivity index (χ1) is 14.5. The van der Waals surface area contributed by atoms with Crippen LogP contribution in [0.2, 0.25) is 0 Å². The minimum Gasteiger partial charge on any atom is -0.445 e. The van der Waals surface area contributed by atoms with Gasteiger partial charge in [0.1, 0.15) is 6.61 Å². The Balaban J connectivity index is 1.49. The molecule has 2 aromatic rings. The molecule has 160 valence electrons. The highest BCUT2D eigenvalue weighted by Crippen LogP contribution is 2.44. The van der Waals surface area contributed by atoms with Gasteiger partial charge in [-0.25, -0.2) is 13.6 Å². The number of carbonyl (C=O) groups excluding carboxylic acids is 1. The zero-order valence-corrected chi connectivity index (χ0v) is 17.2. The predicted molar refractivity (Wildman–Crippen MR) is 112 cm³/mol. The molecule has 3 nitrogen and oxygen atoms in total. The topological polar surface area (TPSA) is 29.5 Å². The Morgan fingerprint density at radius 1 is 1.03 bits per heavy atom. The molecule has 1 saturated heterocycles. The Kier molecular flexibility index (Phi) is 6.35. The van der Waals surface area contributed by atoms with Crippen LogP contribution in [0.15, 0.2) is 60.7 Å². The van der Waals surface area contributed by atoms with Crippen molar-refractivity contribution in [1.82, 2.24) is 4.90 Å². The van der Waals surface area contributed by atoms with E-state index in [-0.39, 0.29) is 43.4 Å². The van der Waals surface area contributed by atoms with Crippen molar-refractivity contribution in [1.29, 1.82) is 0 Å². The molecule has 0 unspecified atom stereocenters. The first-order valence-electron chi connectivity index (χ1n) is 10.9. The SMILES string of the molecule is O=C(OCc1ccccc1)N1CC[C@@H](c2ccccc2)C[C@H]1[C@@H]1CCCC(F)(F)C1. The van der Waals surface area contributed by atoms with Gasteiger partial charge in [0.15, 0.2) is 0 Å². The second-order valence-corrected chi connectivity index (χ2v) is 8.65. The van der Waals surface area contributed by atoms with E-state index in [0.717, 1.165) is 18.4 Å². The van der Waals surface area contributed by atoms with Crippen LogP contribution in [0.3, 0.4) is 0 Å². The van der Waals surface area contributed by atoms with Gasteiger partial charge in [-0.15, -0.1) is 0 Å². The van der Waals surface area contributed by atoms with Crippen LogP contribution in [-0.4, -0.2) is 29.5 Å². The number of halogens is 2. The maximum atomic E-state index is 14.2. The Morgan fingerprint density at radius 2 is 1.73 bits per heavy atom. The van der Waals surface area contributed by atoms with Crippen molar-refractivity contribution < 1.29 is 18.3 Å². The number of piperidine rings is 1. The lowest BCUT2D eigenvalue weighted by Gasteiger charge is -2.45. The van der Waals surface area contributed by atoms with Crippen molar-refractivity contribution in [3.8, 4) is 0 Å². The normalized spacial score (nSPS) is 26.2. The first-order valence-corrected chi connectivity index (χ1v) is 10.9. The average Bonchev–Trinajstić information content (AvgIpc) is 2.78. The number of hydrogen-bond donors (Lipinski definition) is 0. The van der Waals surface area contributed by atoms with Gasteiger partial charge in [-0.2, -0.15) is 0 Å². The summed E-state index contributed by atoms with van der Waals surface area (Å²) in [5, 5.41) is 0. The maximum Gasteiger partial charge on any atom is 0.410 e. The Hall–Kier alpha value is -2.43. The second-order valence-electron chi connectivity index (χ2n) is 8.65. The third-order valence-electron chi connectivity index (χ3n) is 6.58. The van der Waals surface area contributed by atoms with Gasteiger partial charge in [0.05, 0.1) is 0 Å². The van der Waals surface area contributed by atoms with Gasteiger partial charge in [-0.05, 0) is 48.6 Å². The van der Waals surface area contributed by atoms with Crippen LogP contribution in [0, 0.1) is 5.92 Å². The van der Waals surface area contributed by atoms with Gasteiger partial charge in [0.2, 0.25) is 5.92 Å². The number of hydrogen-bond acceptors (Lipinski definition) is 2. The molecule has 0 bridgehead atoms. The fourth-order valence-corrected chi connectivity index (χ4v) is 5.04. The molecule has 4 rings (SSSR count). The number of amides is 1. The molecule has 3 atom stereocenters. The molecule has 5 heteroatoms. The lowest BCUT2D eigenvalue weighted by atomic mass is 9.74. The highest BCUT2D eigenvalue weighted by atomic mass is 19.3. The molecule has 1 aliphatic carbocycles. The highest BCUT2D eigenvalue weighted by Gasteiger charge is 2.44. The molecule has 1 heterocycles. The maximum absolute atomic E-state index is 14.2. The number of rotatable bonds is 4. The van der Waals surface area contributed by atoms with Gasteiger partial charge in [-0.1, -0.05) is 60.7 Å². The Morgan fingerprint density at radius 3 is 2.43 bits per heavy atom. The minimum absolute atomic E-state index is 0.0449. The summed E-state index contributed by atoms with van der Waals surface area (Å²) in [6, 6.07) is 19.5. The summed E-state index contributed by atoms with van der Waals surface area (Å²) in [7, 11) is 0. The van der Waals surface area contributed by atoms with Crippen LogP contribution in [-0.2, 0) is 11.3 Å². The van der Waals surface area contributed by atoms with Crippen LogP contribution >= 0.6 is 0 Å². The monoisotopic (exact) mass is 413 g/mol. The summed E-state index contributed by atoms with van der Waals surface area (Å²) >= 11 is 0. The van der Waals surface area contributed by atoms with E-state index in [9.17, 15) is 13.6 Å². The number of alkyl halides is 2. The van der Waals surface area contributed by atoms with Crippen LogP contribution in [0.5, 0.6) is 0 Å². The molecule has 2 fully saturated rings. The zero-order valence-electron chi connectivity index (χ0n) is 17.2. The van der Waals surface area contributed by atoms with Crippen LogP contribution in [0.4, 0.5) is 13.6 Å². The van der Waals surface area contributed by atoms with E-state index in [1.807, 2.05) is 48.5 Å². The third-order valence-corrected chi connectivity index (χ3v) is 6.58. The van der Waals surface area contributed by atoms with Gasteiger partial charge >= 0.3 is 6.09 Å². The largest absolute Gasteiger partial charge is 0.445 e. The predicted octanol–water partition coefficient (Wildman–Crippen LogP) is 6.40. The summed E-state index contributed by atoms with van der Waals surface area (Å²) in [6.07, 6.45) is 2.22. The molecule has 0 spiro atoms. The van der Waals surface area contributed by atoms with Gasteiger partial charge < -0.3 is 9.64 Å². The second kappa shape index (κ2) is 9.15. The Bertz CT molecular complexity index is 828. The van der Waals surface area contributed by atoms with Crippen molar-refractivity contribution >= 4 is 6.09 Å². The first kappa shape index (κ1) is 20.8. The smallest absolute Gasteiger partial charge is 0.410 e. The number of likely N-dealkylation sites (tertiary alicyclic amines) is 1. The molecule has 2 aliphatic rings. The third kappa shape index (κ3) is 5.00. The van der Waals surface area contributed by atoms with E-state index in [4.69, 9.17) is 4.74 Å². The number of carbonyl (C=O) groups is 1. The van der Waals surface area contributed by atoms with E-state index in [1.54, 1.807) is 4.90 Å². The standard InChI is InChI=1S/C25H29F2NO2/c26-25(27)14-7-12-22(17-25)23-16-21(20-10-5-2-6-11-20)13-15-28(23)24(29)30-18-19-8-3-1-4-9-19/h1-6,8-11,21-23H,7,12-18H2/t21-,22-,23+/m1/s1. The van der Waals surface area contributed by atoms with E-state index in [0.29, 0.717) is 19.4 Å². The van der Waals surface area contributed by atoms with Crippen LogP contribution in [0.1, 0.15) is 55.6 Å². The molecule has 1 amide bonds. The van der Waals surface area contributed by atoms with Crippen molar-refractivity contribution in [2.45, 2.75) is 63.0 Å². The molecule has 1 saturated carbocycles. The highest BCUT2D eigenvalue weighted by molar-refractivity contribution is 5.68. The van der Waals surface area contributed by atoms with Crippen molar-refractivity contribution in [3.05, 3.63) is 71.8 Å². The quantitative estimate of drug-likeness (QED) is 0.581. The van der Waals surface area contributed by atoms with E-state index in [2.05, 4.69) is 12.1 Å². The van der Waals surface area contributed by atoms with Gasteiger partial charge in [-0.3, -0.25) is 0 Å². The molecular formula is C25H29F2NO2. The fraction of sp³-hybridized carbons (Fsp3) is 0.480. The number of ether oxygens (including phenoxy) is 1. The zero-order chi connectivity index (χ0) is 21.0. The molecular weight excluding hydrogens is 384 g/mol. The van der Waals surface area contributed by atoms with Crippen LogP contribution in [0.25, 0.3) is 0 Å². The fourth-order valence-electron chi connectivity index (χ4n) is 5.04. The van der Waals surface area contributed by atoms with E-state index < -0.39 is 5.92 Å². The number of benzene rings is 2. The molecule has 30 heavy (non-hydrogen) atoms. The van der Waals surface area contributed by atoms with Crippen molar-refractivity contribution in [2.75, 3.05) is 6.54 Å². The lowest BCUT2D eigenvalue weighted by molar-refractivity contribution is -0.0713. The molecule has 0 aromatic heterocycles. The molecule has 0 radical (unpaired) electrons. The van der Waals surface area contributed by atoms with E-state index >= 15 is 0 Å². The van der Waals surface area contributed by atoms with E-state index in [1.165, 1.54) is 5.56 Å².